The summed E-state index contributed by atoms with van der Waals surface area (Å²) < 4.78 is 0. The van der Waals surface area contributed by atoms with E-state index in [-0.39, 0.29) is 17.2 Å². The molecule has 4 nitrogen and oxygen atoms in total. The highest BCUT2D eigenvalue weighted by Crippen LogP contribution is 2.19. The van der Waals surface area contributed by atoms with Gasteiger partial charge in [-0.25, -0.2) is 0 Å². The molecular formula is C14H20N2O2. The monoisotopic (exact) mass is 248 g/mol. The van der Waals surface area contributed by atoms with Crippen molar-refractivity contribution in [3.05, 3.63) is 29.8 Å². The molecule has 1 heterocycles. The number of phenols is 1. The van der Waals surface area contributed by atoms with Crippen molar-refractivity contribution in [2.45, 2.75) is 25.8 Å². The van der Waals surface area contributed by atoms with Crippen LogP contribution in [-0.4, -0.2) is 41.1 Å². The van der Waals surface area contributed by atoms with Crippen LogP contribution in [0.1, 0.15) is 19.4 Å². The molecule has 0 bridgehead atoms. The Hall–Kier alpha value is -1.55. The Balaban J connectivity index is 2.07. The van der Waals surface area contributed by atoms with Crippen LogP contribution in [0.5, 0.6) is 5.75 Å². The Morgan fingerprint density at radius 2 is 2.28 bits per heavy atom. The topological polar surface area (TPSA) is 52.6 Å². The molecule has 4 heteroatoms. The van der Waals surface area contributed by atoms with E-state index in [9.17, 15) is 9.90 Å². The van der Waals surface area contributed by atoms with Gasteiger partial charge in [-0.05, 0) is 31.5 Å². The van der Waals surface area contributed by atoms with Gasteiger partial charge in [0, 0.05) is 25.2 Å². The number of hydrogen-bond donors (Lipinski definition) is 2. The number of benzene rings is 1. The number of carbonyl (C=O) groups excluding carboxylic acids is 1. The van der Waals surface area contributed by atoms with Crippen molar-refractivity contribution in [1.82, 2.24) is 10.2 Å². The van der Waals surface area contributed by atoms with Gasteiger partial charge >= 0.3 is 0 Å². The van der Waals surface area contributed by atoms with Crippen LogP contribution in [0.2, 0.25) is 0 Å². The Morgan fingerprint density at radius 3 is 2.94 bits per heavy atom. The molecule has 0 atom stereocenters. The highest BCUT2D eigenvalue weighted by molar-refractivity contribution is 5.79. The van der Waals surface area contributed by atoms with E-state index in [0.717, 1.165) is 25.2 Å². The molecule has 0 aliphatic carbocycles. The van der Waals surface area contributed by atoms with Crippen LogP contribution >= 0.6 is 0 Å². The fourth-order valence-corrected chi connectivity index (χ4v) is 2.38. The number of carbonyl (C=O) groups is 1. The first kappa shape index (κ1) is 12.9. The molecule has 0 aromatic heterocycles. The minimum Gasteiger partial charge on any atom is -0.508 e. The van der Waals surface area contributed by atoms with Crippen LogP contribution in [0.25, 0.3) is 0 Å². The van der Waals surface area contributed by atoms with E-state index in [4.69, 9.17) is 0 Å². The van der Waals surface area contributed by atoms with E-state index in [1.165, 1.54) is 0 Å². The first-order chi connectivity index (χ1) is 8.49. The summed E-state index contributed by atoms with van der Waals surface area (Å²) in [5, 5.41) is 12.7. The number of nitrogens with one attached hydrogen (secondary N) is 1. The average Bonchev–Trinajstić information content (AvgIpc) is 2.28. The lowest BCUT2D eigenvalue weighted by molar-refractivity contribution is -0.136. The van der Waals surface area contributed by atoms with Crippen LogP contribution in [0.3, 0.4) is 0 Å². The van der Waals surface area contributed by atoms with E-state index >= 15 is 0 Å². The van der Waals surface area contributed by atoms with E-state index < -0.39 is 0 Å². The highest BCUT2D eigenvalue weighted by Gasteiger charge is 2.32. The van der Waals surface area contributed by atoms with Gasteiger partial charge < -0.3 is 15.3 Å². The smallest absolute Gasteiger partial charge is 0.227 e. The number of phenolic OH excluding ortho intramolecular Hbond substituents is 1. The minimum absolute atomic E-state index is 0.118. The maximum absolute atomic E-state index is 12.3. The molecule has 0 saturated carbocycles. The van der Waals surface area contributed by atoms with Crippen LogP contribution in [0, 0.1) is 0 Å². The van der Waals surface area contributed by atoms with Gasteiger partial charge in [0.2, 0.25) is 5.91 Å². The summed E-state index contributed by atoms with van der Waals surface area (Å²) in [6.07, 6.45) is 0.345. The standard InChI is InChI=1S/C14H20N2O2/c1-14(2)10-15-6-7-16(14)13(18)9-11-4-3-5-12(17)8-11/h3-5,8,15,17H,6-7,9-10H2,1-2H3. The summed E-state index contributed by atoms with van der Waals surface area (Å²) in [6, 6.07) is 6.89. The number of amides is 1. The maximum Gasteiger partial charge on any atom is 0.227 e. The molecule has 2 N–H and O–H groups in total. The van der Waals surface area contributed by atoms with Gasteiger partial charge in [-0.3, -0.25) is 4.79 Å². The van der Waals surface area contributed by atoms with Crippen molar-refractivity contribution >= 4 is 5.91 Å². The van der Waals surface area contributed by atoms with Gasteiger partial charge in [0.1, 0.15) is 5.75 Å². The Labute approximate surface area is 108 Å². The largest absolute Gasteiger partial charge is 0.508 e. The Bertz CT molecular complexity index is 443. The lowest BCUT2D eigenvalue weighted by Gasteiger charge is -2.43. The third-order valence-corrected chi connectivity index (χ3v) is 3.37. The molecule has 1 aliphatic heterocycles. The van der Waals surface area contributed by atoms with Gasteiger partial charge in [0.05, 0.1) is 6.42 Å². The summed E-state index contributed by atoms with van der Waals surface area (Å²) in [6.45, 7) is 6.54. The second-order valence-corrected chi connectivity index (χ2v) is 5.38. The first-order valence-electron chi connectivity index (χ1n) is 6.28. The van der Waals surface area contributed by atoms with E-state index in [2.05, 4.69) is 19.2 Å². The summed E-state index contributed by atoms with van der Waals surface area (Å²) in [5.41, 5.74) is 0.709. The fraction of sp³-hybridized carbons (Fsp3) is 0.500. The third kappa shape index (κ3) is 2.82. The average molecular weight is 248 g/mol. The number of nitrogens with zero attached hydrogens (tertiary/aromatic N) is 1. The normalized spacial score (nSPS) is 18.7. The van der Waals surface area contributed by atoms with Crippen LogP contribution in [0.15, 0.2) is 24.3 Å². The molecule has 1 aromatic rings. The zero-order valence-electron chi connectivity index (χ0n) is 10.9. The summed E-state index contributed by atoms with van der Waals surface area (Å²) >= 11 is 0. The lowest BCUT2D eigenvalue weighted by Crippen LogP contribution is -2.60. The number of piperazine rings is 1. The molecule has 0 spiro atoms. The van der Waals surface area contributed by atoms with E-state index in [1.807, 2.05) is 11.0 Å². The molecule has 1 saturated heterocycles. The predicted octanol–water partition coefficient (Wildman–Crippen LogP) is 1.15. The zero-order valence-corrected chi connectivity index (χ0v) is 10.9. The number of rotatable bonds is 2. The van der Waals surface area contributed by atoms with E-state index in [1.54, 1.807) is 18.2 Å². The molecule has 1 aromatic carbocycles. The second-order valence-electron chi connectivity index (χ2n) is 5.38. The molecular weight excluding hydrogens is 228 g/mol. The third-order valence-electron chi connectivity index (χ3n) is 3.37. The van der Waals surface area contributed by atoms with Crippen molar-refractivity contribution in [2.75, 3.05) is 19.6 Å². The van der Waals surface area contributed by atoms with Crippen LogP contribution < -0.4 is 5.32 Å². The zero-order chi connectivity index (χ0) is 13.2. The van der Waals surface area contributed by atoms with Crippen molar-refractivity contribution in [3.8, 4) is 5.75 Å². The minimum atomic E-state index is -0.147. The van der Waals surface area contributed by atoms with Crippen molar-refractivity contribution in [2.24, 2.45) is 0 Å². The van der Waals surface area contributed by atoms with Crippen LogP contribution in [0.4, 0.5) is 0 Å². The molecule has 1 fully saturated rings. The molecule has 98 valence electrons. The SMILES string of the molecule is CC1(C)CNCCN1C(=O)Cc1cccc(O)c1. The molecule has 18 heavy (non-hydrogen) atoms. The second kappa shape index (κ2) is 4.98. The number of aromatic hydroxyl groups is 1. The van der Waals surface area contributed by atoms with Gasteiger partial charge in [-0.1, -0.05) is 12.1 Å². The van der Waals surface area contributed by atoms with E-state index in [0.29, 0.717) is 6.42 Å². The molecule has 1 aliphatic rings. The van der Waals surface area contributed by atoms with Gasteiger partial charge in [0.25, 0.3) is 0 Å². The van der Waals surface area contributed by atoms with Crippen molar-refractivity contribution < 1.29 is 9.90 Å². The number of hydrogen-bond acceptors (Lipinski definition) is 3. The van der Waals surface area contributed by atoms with Gasteiger partial charge in [-0.15, -0.1) is 0 Å². The summed E-state index contributed by atoms with van der Waals surface area (Å²) in [7, 11) is 0. The fourth-order valence-electron chi connectivity index (χ4n) is 2.38. The Kier molecular flexibility index (Phi) is 3.57. The van der Waals surface area contributed by atoms with Crippen molar-refractivity contribution in [3.63, 3.8) is 0 Å². The molecule has 0 radical (unpaired) electrons. The quantitative estimate of drug-likeness (QED) is 0.825. The molecule has 2 rings (SSSR count). The van der Waals surface area contributed by atoms with Crippen molar-refractivity contribution in [1.29, 1.82) is 0 Å². The maximum atomic E-state index is 12.3. The molecule has 0 unspecified atom stereocenters. The summed E-state index contributed by atoms with van der Waals surface area (Å²) in [5.74, 6) is 0.326. The summed E-state index contributed by atoms with van der Waals surface area (Å²) in [4.78, 5) is 14.2. The predicted molar refractivity (Wildman–Crippen MR) is 70.5 cm³/mol. The first-order valence-corrected chi connectivity index (χ1v) is 6.28. The highest BCUT2D eigenvalue weighted by atomic mass is 16.3. The van der Waals surface area contributed by atoms with Crippen LogP contribution in [-0.2, 0) is 11.2 Å². The van der Waals surface area contributed by atoms with Gasteiger partial charge in [0.15, 0.2) is 0 Å². The lowest BCUT2D eigenvalue weighted by atomic mass is 9.99. The Morgan fingerprint density at radius 1 is 1.50 bits per heavy atom. The molecule has 1 amide bonds. The van der Waals surface area contributed by atoms with Gasteiger partial charge in [-0.2, -0.15) is 0 Å².